The lowest BCUT2D eigenvalue weighted by molar-refractivity contribution is -0.124. The summed E-state index contributed by atoms with van der Waals surface area (Å²) in [5.74, 6) is 0.235. The SMILES string of the molecule is CC(C)C(=O)NCc1ccc(Cl)c(-c2nc3cc(NC(=O)C4CC4)ccc3c(=O)[nH]2)c1. The quantitative estimate of drug-likeness (QED) is 0.543. The highest BCUT2D eigenvalue weighted by Crippen LogP contribution is 2.31. The van der Waals surface area contributed by atoms with Gasteiger partial charge in [-0.15, -0.1) is 0 Å². The van der Waals surface area contributed by atoms with E-state index in [1.54, 1.807) is 30.3 Å². The minimum Gasteiger partial charge on any atom is -0.352 e. The van der Waals surface area contributed by atoms with Gasteiger partial charge in [0.05, 0.1) is 15.9 Å². The Labute approximate surface area is 184 Å². The maximum atomic E-state index is 12.6. The highest BCUT2D eigenvalue weighted by atomic mass is 35.5. The summed E-state index contributed by atoms with van der Waals surface area (Å²) in [6.45, 7) is 4.00. The van der Waals surface area contributed by atoms with E-state index in [0.717, 1.165) is 18.4 Å². The van der Waals surface area contributed by atoms with Crippen molar-refractivity contribution in [3.63, 3.8) is 0 Å². The molecule has 1 aromatic heterocycles. The number of H-pyrrole nitrogens is 1. The van der Waals surface area contributed by atoms with Crippen molar-refractivity contribution in [3.8, 4) is 11.4 Å². The lowest BCUT2D eigenvalue weighted by Gasteiger charge is -2.11. The van der Waals surface area contributed by atoms with Gasteiger partial charge in [-0.3, -0.25) is 14.4 Å². The van der Waals surface area contributed by atoms with Crippen LogP contribution in [0.15, 0.2) is 41.2 Å². The number of nitrogens with one attached hydrogen (secondary N) is 3. The van der Waals surface area contributed by atoms with Crippen LogP contribution >= 0.6 is 11.6 Å². The summed E-state index contributed by atoms with van der Waals surface area (Å²) in [6, 6.07) is 10.4. The molecule has 0 radical (unpaired) electrons. The first-order valence-electron chi connectivity index (χ1n) is 10.2. The third-order valence-corrected chi connectivity index (χ3v) is 5.53. The number of amides is 2. The average molecular weight is 439 g/mol. The smallest absolute Gasteiger partial charge is 0.259 e. The maximum Gasteiger partial charge on any atom is 0.259 e. The number of carbonyl (C=O) groups is 2. The van der Waals surface area contributed by atoms with Crippen LogP contribution in [0.3, 0.4) is 0 Å². The Bertz CT molecular complexity index is 1230. The molecule has 7 nitrogen and oxygen atoms in total. The summed E-state index contributed by atoms with van der Waals surface area (Å²) >= 11 is 6.38. The first-order valence-corrected chi connectivity index (χ1v) is 10.6. The number of halogens is 1. The molecule has 0 bridgehead atoms. The topological polar surface area (TPSA) is 104 Å². The van der Waals surface area contributed by atoms with Crippen LogP contribution in [0.2, 0.25) is 5.02 Å². The standard InChI is InChI=1S/C23H23ClN4O3/c1-12(2)21(29)25-11-13-3-8-18(24)17(9-13)20-27-19-10-15(26-22(30)14-4-5-14)6-7-16(19)23(31)28-20/h3,6-10,12,14H,4-5,11H2,1-2H3,(H,25,29)(H,26,30)(H,27,28,31). The number of anilines is 1. The van der Waals surface area contributed by atoms with Crippen LogP contribution in [-0.4, -0.2) is 21.8 Å². The molecule has 2 aromatic carbocycles. The molecule has 0 spiro atoms. The van der Waals surface area contributed by atoms with Crippen LogP contribution in [0.5, 0.6) is 0 Å². The van der Waals surface area contributed by atoms with Gasteiger partial charge in [0.1, 0.15) is 5.82 Å². The second-order valence-electron chi connectivity index (χ2n) is 8.10. The van der Waals surface area contributed by atoms with Crippen LogP contribution in [0.1, 0.15) is 32.3 Å². The van der Waals surface area contributed by atoms with Gasteiger partial charge in [0.2, 0.25) is 11.8 Å². The Hall–Kier alpha value is -3.19. The molecular formula is C23H23ClN4O3. The third kappa shape index (κ3) is 4.77. The van der Waals surface area contributed by atoms with Crippen LogP contribution in [0.4, 0.5) is 5.69 Å². The van der Waals surface area contributed by atoms with Crippen LogP contribution in [0.25, 0.3) is 22.3 Å². The summed E-state index contributed by atoms with van der Waals surface area (Å²) in [6.07, 6.45) is 1.82. The Morgan fingerprint density at radius 1 is 1.19 bits per heavy atom. The van der Waals surface area contributed by atoms with Crippen molar-refractivity contribution >= 4 is 40.0 Å². The van der Waals surface area contributed by atoms with E-state index in [1.807, 2.05) is 19.9 Å². The number of aromatic amines is 1. The average Bonchev–Trinajstić information content (AvgIpc) is 3.58. The van der Waals surface area contributed by atoms with Gasteiger partial charge in [-0.2, -0.15) is 0 Å². The second-order valence-corrected chi connectivity index (χ2v) is 8.50. The predicted octanol–water partition coefficient (Wildman–Crippen LogP) is 3.86. The summed E-state index contributed by atoms with van der Waals surface area (Å²) in [5.41, 5.74) is 2.16. The van der Waals surface area contributed by atoms with Gasteiger partial charge in [0.15, 0.2) is 0 Å². The van der Waals surface area contributed by atoms with E-state index in [2.05, 4.69) is 20.6 Å². The lowest BCUT2D eigenvalue weighted by atomic mass is 10.1. The Morgan fingerprint density at radius 3 is 2.68 bits per heavy atom. The molecule has 1 fully saturated rings. The summed E-state index contributed by atoms with van der Waals surface area (Å²) in [5, 5.41) is 6.59. The highest BCUT2D eigenvalue weighted by molar-refractivity contribution is 6.33. The van der Waals surface area contributed by atoms with Gasteiger partial charge >= 0.3 is 0 Å². The zero-order chi connectivity index (χ0) is 22.1. The highest BCUT2D eigenvalue weighted by Gasteiger charge is 2.29. The number of nitrogens with zero attached hydrogens (tertiary/aromatic N) is 1. The molecule has 0 saturated heterocycles. The van der Waals surface area contributed by atoms with Crippen LogP contribution in [0, 0.1) is 11.8 Å². The predicted molar refractivity (Wildman–Crippen MR) is 121 cm³/mol. The first kappa shape index (κ1) is 21.1. The minimum atomic E-state index is -0.297. The lowest BCUT2D eigenvalue weighted by Crippen LogP contribution is -2.27. The normalized spacial score (nSPS) is 13.4. The van der Waals surface area contributed by atoms with E-state index in [9.17, 15) is 14.4 Å². The van der Waals surface area contributed by atoms with E-state index in [0.29, 0.717) is 39.5 Å². The number of hydrogen-bond acceptors (Lipinski definition) is 4. The molecule has 1 heterocycles. The van der Waals surface area contributed by atoms with Gasteiger partial charge < -0.3 is 15.6 Å². The third-order valence-electron chi connectivity index (χ3n) is 5.20. The van der Waals surface area contributed by atoms with Gasteiger partial charge in [-0.1, -0.05) is 31.5 Å². The van der Waals surface area contributed by atoms with Crippen LogP contribution < -0.4 is 16.2 Å². The van der Waals surface area contributed by atoms with E-state index < -0.39 is 0 Å². The van der Waals surface area contributed by atoms with Crippen molar-refractivity contribution in [1.29, 1.82) is 0 Å². The Kier molecular flexibility index (Phi) is 5.78. The fourth-order valence-corrected chi connectivity index (χ4v) is 3.40. The van der Waals surface area contributed by atoms with Crippen molar-refractivity contribution in [3.05, 3.63) is 57.3 Å². The molecule has 0 aliphatic heterocycles. The number of benzene rings is 2. The molecule has 1 aliphatic carbocycles. The number of fused-ring (bicyclic) bond motifs is 1. The van der Waals surface area contributed by atoms with Crippen molar-refractivity contribution in [2.75, 3.05) is 5.32 Å². The summed E-state index contributed by atoms with van der Waals surface area (Å²) in [4.78, 5) is 43.9. The first-order chi connectivity index (χ1) is 14.8. The summed E-state index contributed by atoms with van der Waals surface area (Å²) in [7, 11) is 0. The van der Waals surface area contributed by atoms with Gasteiger partial charge in [0, 0.05) is 29.6 Å². The largest absolute Gasteiger partial charge is 0.352 e. The van der Waals surface area contributed by atoms with Gasteiger partial charge in [0.25, 0.3) is 5.56 Å². The number of rotatable bonds is 6. The molecule has 31 heavy (non-hydrogen) atoms. The fourth-order valence-electron chi connectivity index (χ4n) is 3.19. The van der Waals surface area contributed by atoms with E-state index >= 15 is 0 Å². The number of carbonyl (C=O) groups excluding carboxylic acids is 2. The Morgan fingerprint density at radius 2 is 1.97 bits per heavy atom. The molecule has 8 heteroatoms. The molecule has 1 aliphatic rings. The minimum absolute atomic E-state index is 0.0106. The zero-order valence-electron chi connectivity index (χ0n) is 17.3. The van der Waals surface area contributed by atoms with Crippen molar-refractivity contribution in [2.45, 2.75) is 33.2 Å². The molecule has 0 unspecified atom stereocenters. The van der Waals surface area contributed by atoms with Crippen LogP contribution in [-0.2, 0) is 16.1 Å². The number of aromatic nitrogens is 2. The maximum absolute atomic E-state index is 12.6. The zero-order valence-corrected chi connectivity index (χ0v) is 18.0. The number of hydrogen-bond donors (Lipinski definition) is 3. The van der Waals surface area contributed by atoms with E-state index in [-0.39, 0.29) is 29.2 Å². The Balaban J connectivity index is 1.66. The molecule has 3 N–H and O–H groups in total. The van der Waals surface area contributed by atoms with Gasteiger partial charge in [-0.25, -0.2) is 4.98 Å². The molecule has 0 atom stereocenters. The van der Waals surface area contributed by atoms with Crippen molar-refractivity contribution in [2.24, 2.45) is 11.8 Å². The van der Waals surface area contributed by atoms with Crippen molar-refractivity contribution in [1.82, 2.24) is 15.3 Å². The molecule has 4 rings (SSSR count). The summed E-state index contributed by atoms with van der Waals surface area (Å²) < 4.78 is 0. The van der Waals surface area contributed by atoms with Gasteiger partial charge in [-0.05, 0) is 48.7 Å². The fraction of sp³-hybridized carbons (Fsp3) is 0.304. The monoisotopic (exact) mass is 438 g/mol. The van der Waals surface area contributed by atoms with E-state index in [4.69, 9.17) is 11.6 Å². The molecule has 3 aromatic rings. The molecule has 1 saturated carbocycles. The molecular weight excluding hydrogens is 416 g/mol. The second kappa shape index (κ2) is 8.51. The van der Waals surface area contributed by atoms with Crippen molar-refractivity contribution < 1.29 is 9.59 Å². The molecule has 160 valence electrons. The molecule has 2 amide bonds. The van der Waals surface area contributed by atoms with E-state index in [1.165, 1.54) is 0 Å².